The van der Waals surface area contributed by atoms with Crippen LogP contribution in [0.15, 0.2) is 33.9 Å². The second-order valence-electron chi connectivity index (χ2n) is 4.08. The first-order valence-electron chi connectivity index (χ1n) is 5.30. The van der Waals surface area contributed by atoms with E-state index in [9.17, 15) is 13.2 Å². The molecule has 96 valence electrons. The number of nitrogens with zero attached hydrogens (tertiary/aromatic N) is 1. The van der Waals surface area contributed by atoms with Crippen LogP contribution in [-0.4, -0.2) is 19.3 Å². The van der Waals surface area contributed by atoms with Crippen molar-refractivity contribution in [3.8, 4) is 0 Å². The van der Waals surface area contributed by atoms with Crippen molar-refractivity contribution in [3.63, 3.8) is 0 Å². The standard InChI is InChI=1S/C11H12N2O4S/c1-7(2)10(14)13-18(15,16)9-6-17-11-8(9)4-3-5-12-11/h3-7H,1-2H3,(H,13,14). The minimum Gasteiger partial charge on any atom is -0.445 e. The number of amides is 1. The first kappa shape index (κ1) is 12.6. The highest BCUT2D eigenvalue weighted by atomic mass is 32.2. The Bertz CT molecular complexity index is 688. The van der Waals surface area contributed by atoms with Gasteiger partial charge in [0, 0.05) is 12.1 Å². The van der Waals surface area contributed by atoms with Gasteiger partial charge < -0.3 is 4.42 Å². The highest BCUT2D eigenvalue weighted by Gasteiger charge is 2.24. The summed E-state index contributed by atoms with van der Waals surface area (Å²) in [6, 6.07) is 3.17. The molecular weight excluding hydrogens is 256 g/mol. The number of aromatic nitrogens is 1. The lowest BCUT2D eigenvalue weighted by molar-refractivity contribution is -0.122. The average molecular weight is 268 g/mol. The first-order chi connectivity index (χ1) is 8.42. The Labute approximate surface area is 104 Å². The average Bonchev–Trinajstić information content (AvgIpc) is 2.72. The van der Waals surface area contributed by atoms with Crippen LogP contribution in [0.1, 0.15) is 13.8 Å². The van der Waals surface area contributed by atoms with Crippen LogP contribution in [0.25, 0.3) is 11.1 Å². The molecule has 0 saturated carbocycles. The first-order valence-corrected chi connectivity index (χ1v) is 6.79. The Balaban J connectivity index is 2.45. The van der Waals surface area contributed by atoms with Gasteiger partial charge in [-0.25, -0.2) is 18.1 Å². The van der Waals surface area contributed by atoms with Crippen molar-refractivity contribution < 1.29 is 17.6 Å². The van der Waals surface area contributed by atoms with E-state index in [1.54, 1.807) is 26.0 Å². The maximum atomic E-state index is 12.0. The van der Waals surface area contributed by atoms with Crippen LogP contribution in [0.4, 0.5) is 0 Å². The van der Waals surface area contributed by atoms with E-state index in [1.807, 2.05) is 4.72 Å². The zero-order valence-corrected chi connectivity index (χ0v) is 10.7. The number of furan rings is 1. The summed E-state index contributed by atoms with van der Waals surface area (Å²) >= 11 is 0. The van der Waals surface area contributed by atoms with E-state index in [2.05, 4.69) is 4.98 Å². The molecule has 0 aromatic carbocycles. The second-order valence-corrected chi connectivity index (χ2v) is 5.73. The third kappa shape index (κ3) is 2.21. The Hall–Kier alpha value is -1.89. The maximum Gasteiger partial charge on any atom is 0.267 e. The van der Waals surface area contributed by atoms with Crippen molar-refractivity contribution in [1.29, 1.82) is 0 Å². The Morgan fingerprint density at radius 2 is 2.17 bits per heavy atom. The molecule has 0 aliphatic rings. The van der Waals surface area contributed by atoms with Gasteiger partial charge in [-0.15, -0.1) is 0 Å². The molecule has 0 aliphatic carbocycles. The van der Waals surface area contributed by atoms with Crippen LogP contribution in [0.2, 0.25) is 0 Å². The molecule has 0 saturated heterocycles. The molecule has 2 rings (SSSR count). The summed E-state index contributed by atoms with van der Waals surface area (Å²) in [5.41, 5.74) is 0.217. The van der Waals surface area contributed by atoms with E-state index in [4.69, 9.17) is 4.42 Å². The summed E-state index contributed by atoms with van der Waals surface area (Å²) in [6.45, 7) is 3.22. The summed E-state index contributed by atoms with van der Waals surface area (Å²) in [7, 11) is -3.92. The van der Waals surface area contributed by atoms with E-state index >= 15 is 0 Å². The zero-order valence-electron chi connectivity index (χ0n) is 9.88. The van der Waals surface area contributed by atoms with Gasteiger partial charge in [0.2, 0.25) is 11.6 Å². The van der Waals surface area contributed by atoms with Crippen LogP contribution >= 0.6 is 0 Å². The van der Waals surface area contributed by atoms with Crippen molar-refractivity contribution in [2.75, 3.05) is 0 Å². The summed E-state index contributed by atoms with van der Waals surface area (Å²) in [4.78, 5) is 15.3. The van der Waals surface area contributed by atoms with Gasteiger partial charge in [0.25, 0.3) is 10.0 Å². The van der Waals surface area contributed by atoms with Gasteiger partial charge in [0.15, 0.2) is 0 Å². The molecule has 2 heterocycles. The molecule has 0 aliphatic heterocycles. The van der Waals surface area contributed by atoms with E-state index in [0.717, 1.165) is 6.26 Å². The molecule has 2 aromatic heterocycles. The van der Waals surface area contributed by atoms with Gasteiger partial charge in [0.1, 0.15) is 11.2 Å². The molecule has 0 bridgehead atoms. The molecule has 0 spiro atoms. The number of pyridine rings is 1. The van der Waals surface area contributed by atoms with E-state index in [1.165, 1.54) is 6.20 Å². The van der Waals surface area contributed by atoms with Crippen LogP contribution < -0.4 is 4.72 Å². The SMILES string of the molecule is CC(C)C(=O)NS(=O)(=O)c1coc2ncccc12. The fourth-order valence-corrected chi connectivity index (χ4v) is 2.59. The van der Waals surface area contributed by atoms with Crippen molar-refractivity contribution >= 4 is 27.0 Å². The largest absolute Gasteiger partial charge is 0.445 e. The number of hydrogen-bond donors (Lipinski definition) is 1. The van der Waals surface area contributed by atoms with E-state index < -0.39 is 21.8 Å². The lowest BCUT2D eigenvalue weighted by atomic mass is 10.2. The number of sulfonamides is 1. The number of fused-ring (bicyclic) bond motifs is 1. The maximum absolute atomic E-state index is 12.0. The van der Waals surface area contributed by atoms with Crippen molar-refractivity contribution in [2.24, 2.45) is 5.92 Å². The summed E-state index contributed by atoms with van der Waals surface area (Å²) in [5.74, 6) is -0.982. The van der Waals surface area contributed by atoms with E-state index in [-0.39, 0.29) is 10.6 Å². The summed E-state index contributed by atoms with van der Waals surface area (Å²) in [6.07, 6.45) is 2.57. The van der Waals surface area contributed by atoms with Crippen LogP contribution in [0.3, 0.4) is 0 Å². The highest BCUT2D eigenvalue weighted by molar-refractivity contribution is 7.90. The van der Waals surface area contributed by atoms with Gasteiger partial charge in [-0.1, -0.05) is 13.8 Å². The normalized spacial score (nSPS) is 11.9. The predicted molar refractivity (Wildman–Crippen MR) is 64.2 cm³/mol. The summed E-state index contributed by atoms with van der Waals surface area (Å²) in [5, 5.41) is 0.349. The van der Waals surface area contributed by atoms with Crippen LogP contribution in [-0.2, 0) is 14.8 Å². The molecule has 0 fully saturated rings. The fraction of sp³-hybridized carbons (Fsp3) is 0.273. The Kier molecular flexibility index (Phi) is 3.08. The highest BCUT2D eigenvalue weighted by Crippen LogP contribution is 2.23. The molecular formula is C11H12N2O4S. The number of nitrogens with one attached hydrogen (secondary N) is 1. The third-order valence-corrected chi connectivity index (χ3v) is 3.73. The van der Waals surface area contributed by atoms with Gasteiger partial charge >= 0.3 is 0 Å². The van der Waals surface area contributed by atoms with Gasteiger partial charge in [-0.3, -0.25) is 4.79 Å². The molecule has 18 heavy (non-hydrogen) atoms. The van der Waals surface area contributed by atoms with Gasteiger partial charge in [-0.05, 0) is 12.1 Å². The van der Waals surface area contributed by atoms with Gasteiger partial charge in [0.05, 0.1) is 5.39 Å². The number of rotatable bonds is 3. The second kappa shape index (κ2) is 4.41. The van der Waals surface area contributed by atoms with E-state index in [0.29, 0.717) is 5.39 Å². The number of carbonyl (C=O) groups is 1. The minimum atomic E-state index is -3.92. The van der Waals surface area contributed by atoms with Gasteiger partial charge in [-0.2, -0.15) is 0 Å². The molecule has 2 aromatic rings. The molecule has 1 N–H and O–H groups in total. The zero-order chi connectivity index (χ0) is 13.3. The molecule has 1 amide bonds. The lowest BCUT2D eigenvalue weighted by Crippen LogP contribution is -2.33. The molecule has 6 nitrogen and oxygen atoms in total. The molecule has 7 heteroatoms. The van der Waals surface area contributed by atoms with Crippen LogP contribution in [0, 0.1) is 5.92 Å². The Morgan fingerprint density at radius 1 is 1.44 bits per heavy atom. The number of carbonyl (C=O) groups excluding carboxylic acids is 1. The van der Waals surface area contributed by atoms with Crippen molar-refractivity contribution in [2.45, 2.75) is 18.7 Å². The molecule has 0 radical (unpaired) electrons. The quantitative estimate of drug-likeness (QED) is 0.906. The molecule has 0 atom stereocenters. The third-order valence-electron chi connectivity index (χ3n) is 2.36. The van der Waals surface area contributed by atoms with Crippen molar-refractivity contribution in [3.05, 3.63) is 24.6 Å². The smallest absolute Gasteiger partial charge is 0.267 e. The Morgan fingerprint density at radius 3 is 2.83 bits per heavy atom. The summed E-state index contributed by atoms with van der Waals surface area (Å²) < 4.78 is 31.0. The van der Waals surface area contributed by atoms with Crippen LogP contribution in [0.5, 0.6) is 0 Å². The number of hydrogen-bond acceptors (Lipinski definition) is 5. The topological polar surface area (TPSA) is 89.3 Å². The fourth-order valence-electron chi connectivity index (χ4n) is 1.36. The lowest BCUT2D eigenvalue weighted by Gasteiger charge is -2.07. The predicted octanol–water partition coefficient (Wildman–Crippen LogP) is 1.29. The molecule has 0 unspecified atom stereocenters. The minimum absolute atomic E-state index is 0.0837. The monoisotopic (exact) mass is 268 g/mol. The van der Waals surface area contributed by atoms with Crippen molar-refractivity contribution in [1.82, 2.24) is 9.71 Å².